The number of pyridine rings is 1. The van der Waals surface area contributed by atoms with Crippen LogP contribution in [0.25, 0.3) is 0 Å². The van der Waals surface area contributed by atoms with Crippen molar-refractivity contribution < 1.29 is 19.8 Å². The third kappa shape index (κ3) is 8.87. The summed E-state index contributed by atoms with van der Waals surface area (Å²) in [5.74, 6) is -1.27. The summed E-state index contributed by atoms with van der Waals surface area (Å²) >= 11 is 6.50. The van der Waals surface area contributed by atoms with Crippen LogP contribution in [0, 0.1) is 0 Å². The summed E-state index contributed by atoms with van der Waals surface area (Å²) in [6.45, 7) is 3.49. The number of anilines is 2. The summed E-state index contributed by atoms with van der Waals surface area (Å²) in [7, 11) is 0. The molecule has 0 radical (unpaired) electrons. The minimum Gasteiger partial charge on any atom is -0.481 e. The van der Waals surface area contributed by atoms with E-state index in [-0.39, 0.29) is 12.8 Å². The maximum absolute atomic E-state index is 9.64. The molecule has 36 heavy (non-hydrogen) atoms. The molecule has 0 atom stereocenters. The highest BCUT2D eigenvalue weighted by Gasteiger charge is 2.14. The first-order valence-electron chi connectivity index (χ1n) is 11.8. The Morgan fingerprint density at radius 1 is 0.861 bits per heavy atom. The number of fused-ring (bicyclic) bond motifs is 1. The van der Waals surface area contributed by atoms with Crippen molar-refractivity contribution in [3.05, 3.63) is 88.1 Å². The maximum Gasteiger partial charge on any atom is 0.303 e. The van der Waals surface area contributed by atoms with Crippen LogP contribution in [0.2, 0.25) is 5.02 Å². The van der Waals surface area contributed by atoms with Crippen LogP contribution in [-0.2, 0) is 35.5 Å². The highest BCUT2D eigenvalue weighted by Crippen LogP contribution is 2.31. The number of aromatic nitrogens is 1. The summed E-state index contributed by atoms with van der Waals surface area (Å²) in [4.78, 5) is 23.8. The first-order chi connectivity index (χ1) is 17.4. The number of nitrogens with zero attached hydrogens (tertiary/aromatic N) is 1. The summed E-state index contributed by atoms with van der Waals surface area (Å²) in [6.07, 6.45) is 3.37. The Bertz CT molecular complexity index is 1130. The van der Waals surface area contributed by atoms with Crippen molar-refractivity contribution in [2.75, 3.05) is 23.7 Å². The van der Waals surface area contributed by atoms with Gasteiger partial charge in [0.1, 0.15) is 5.82 Å². The number of carboxylic acid groups (broad SMARTS) is 2. The zero-order valence-corrected chi connectivity index (χ0v) is 20.7. The molecule has 0 spiro atoms. The van der Waals surface area contributed by atoms with Crippen molar-refractivity contribution in [3.63, 3.8) is 0 Å². The topological polar surface area (TPSA) is 124 Å². The largest absolute Gasteiger partial charge is 0.481 e. The van der Waals surface area contributed by atoms with E-state index in [1.54, 1.807) is 0 Å². The van der Waals surface area contributed by atoms with E-state index in [2.05, 4.69) is 45.2 Å². The lowest BCUT2D eigenvalue weighted by atomic mass is 10.0. The van der Waals surface area contributed by atoms with Gasteiger partial charge in [-0.05, 0) is 60.3 Å². The van der Waals surface area contributed by atoms with Gasteiger partial charge in [-0.25, -0.2) is 4.98 Å². The van der Waals surface area contributed by atoms with Gasteiger partial charge in [0.05, 0.1) is 23.6 Å². The Balaban J connectivity index is 0.000000392. The Morgan fingerprint density at radius 2 is 1.56 bits per heavy atom. The van der Waals surface area contributed by atoms with Crippen LogP contribution < -0.4 is 16.0 Å². The fourth-order valence-corrected chi connectivity index (χ4v) is 4.01. The number of halogens is 1. The van der Waals surface area contributed by atoms with E-state index in [4.69, 9.17) is 21.8 Å². The van der Waals surface area contributed by atoms with Crippen LogP contribution in [-0.4, -0.2) is 40.2 Å². The smallest absolute Gasteiger partial charge is 0.303 e. The molecule has 1 aliphatic rings. The van der Waals surface area contributed by atoms with Crippen molar-refractivity contribution >= 4 is 35.0 Å². The standard InChI is InChI=1S/C23H25ClN4.C4H6O4/c24-21-8-7-19-10-12-25-13-11-20(19)23(21)28-16-18-6-9-22(27-15-18)26-14-17-4-2-1-3-5-17;5-3(6)1-2-4(7)8/h1-9,15,25,28H,10-14,16H2,(H,26,27);1-2H2,(H,5,6)(H,7,8). The molecular weight excluding hydrogens is 480 g/mol. The third-order valence-electron chi connectivity index (χ3n) is 5.65. The molecule has 1 aliphatic heterocycles. The second kappa shape index (κ2) is 14.1. The van der Waals surface area contributed by atoms with Crippen LogP contribution in [0.1, 0.15) is 35.1 Å². The Kier molecular flexibility index (Phi) is 10.5. The Hall–Kier alpha value is -3.62. The van der Waals surface area contributed by atoms with Gasteiger partial charge >= 0.3 is 11.9 Å². The van der Waals surface area contributed by atoms with Gasteiger partial charge in [0.2, 0.25) is 0 Å². The quantitative estimate of drug-likeness (QED) is 0.283. The summed E-state index contributed by atoms with van der Waals surface area (Å²) in [6, 6.07) is 18.6. The Morgan fingerprint density at radius 3 is 2.22 bits per heavy atom. The van der Waals surface area contributed by atoms with E-state index < -0.39 is 11.9 Å². The minimum atomic E-state index is -1.08. The normalized spacial score (nSPS) is 12.4. The van der Waals surface area contributed by atoms with Crippen LogP contribution in [0.4, 0.5) is 11.5 Å². The zero-order valence-electron chi connectivity index (χ0n) is 20.0. The van der Waals surface area contributed by atoms with Gasteiger partial charge in [-0.15, -0.1) is 0 Å². The predicted octanol–water partition coefficient (Wildman–Crippen LogP) is 4.58. The molecular formula is C27H31ClN4O4. The lowest BCUT2D eigenvalue weighted by molar-refractivity contribution is -0.143. The molecule has 190 valence electrons. The first kappa shape index (κ1) is 27.0. The molecule has 2 aromatic carbocycles. The molecule has 0 aliphatic carbocycles. The second-order valence-electron chi connectivity index (χ2n) is 8.34. The van der Waals surface area contributed by atoms with Crippen molar-refractivity contribution in [2.45, 2.75) is 38.8 Å². The monoisotopic (exact) mass is 510 g/mol. The lowest BCUT2D eigenvalue weighted by Gasteiger charge is -2.16. The van der Waals surface area contributed by atoms with E-state index in [0.29, 0.717) is 6.54 Å². The van der Waals surface area contributed by atoms with E-state index in [1.807, 2.05) is 36.5 Å². The van der Waals surface area contributed by atoms with Gasteiger partial charge in [0.15, 0.2) is 0 Å². The van der Waals surface area contributed by atoms with E-state index >= 15 is 0 Å². The average Bonchev–Trinajstić information content (AvgIpc) is 3.13. The maximum atomic E-state index is 9.64. The van der Waals surface area contributed by atoms with E-state index in [0.717, 1.165) is 54.6 Å². The summed E-state index contributed by atoms with van der Waals surface area (Å²) in [5, 5.41) is 26.9. The molecule has 0 saturated heterocycles. The van der Waals surface area contributed by atoms with Crippen LogP contribution in [0.15, 0.2) is 60.8 Å². The van der Waals surface area contributed by atoms with Crippen molar-refractivity contribution in [1.82, 2.24) is 10.3 Å². The minimum absolute atomic E-state index is 0.296. The molecule has 5 N–H and O–H groups in total. The fraction of sp³-hybridized carbons (Fsp3) is 0.296. The third-order valence-corrected chi connectivity index (χ3v) is 5.96. The van der Waals surface area contributed by atoms with E-state index in [1.165, 1.54) is 16.7 Å². The van der Waals surface area contributed by atoms with Gasteiger partial charge < -0.3 is 26.2 Å². The summed E-state index contributed by atoms with van der Waals surface area (Å²) in [5.41, 5.74) is 6.16. The fourth-order valence-electron chi connectivity index (χ4n) is 3.76. The number of nitrogens with one attached hydrogen (secondary N) is 3. The molecule has 8 nitrogen and oxygen atoms in total. The highest BCUT2D eigenvalue weighted by molar-refractivity contribution is 6.33. The van der Waals surface area contributed by atoms with Gasteiger partial charge in [0.25, 0.3) is 0 Å². The van der Waals surface area contributed by atoms with Crippen molar-refractivity contribution in [1.29, 1.82) is 0 Å². The van der Waals surface area contributed by atoms with Gasteiger partial charge in [-0.2, -0.15) is 0 Å². The van der Waals surface area contributed by atoms with Crippen LogP contribution in [0.3, 0.4) is 0 Å². The molecule has 9 heteroatoms. The van der Waals surface area contributed by atoms with Crippen LogP contribution in [0.5, 0.6) is 0 Å². The van der Waals surface area contributed by atoms with Crippen molar-refractivity contribution in [3.8, 4) is 0 Å². The number of hydrogen-bond acceptors (Lipinski definition) is 6. The molecule has 0 saturated carbocycles. The molecule has 0 unspecified atom stereocenters. The number of hydrogen-bond donors (Lipinski definition) is 5. The first-order valence-corrected chi connectivity index (χ1v) is 12.2. The molecule has 1 aromatic heterocycles. The Labute approximate surface area is 215 Å². The van der Waals surface area contributed by atoms with Crippen molar-refractivity contribution in [2.24, 2.45) is 0 Å². The van der Waals surface area contributed by atoms with Gasteiger partial charge in [0, 0.05) is 19.3 Å². The SMILES string of the molecule is Clc1ccc2c(c1NCc1ccc(NCc3ccccc3)nc1)CCNCC2.O=C(O)CCC(=O)O. The van der Waals surface area contributed by atoms with Gasteiger partial charge in [-0.1, -0.05) is 54.1 Å². The molecule has 2 heterocycles. The average molecular weight is 511 g/mol. The number of carbonyl (C=O) groups is 2. The number of rotatable bonds is 9. The van der Waals surface area contributed by atoms with E-state index in [9.17, 15) is 9.59 Å². The molecule has 0 fully saturated rings. The predicted molar refractivity (Wildman–Crippen MR) is 142 cm³/mol. The molecule has 0 amide bonds. The summed E-state index contributed by atoms with van der Waals surface area (Å²) < 4.78 is 0. The second-order valence-corrected chi connectivity index (χ2v) is 8.75. The van der Waals surface area contributed by atoms with Gasteiger partial charge in [-0.3, -0.25) is 9.59 Å². The number of carboxylic acids is 2. The zero-order chi connectivity index (χ0) is 25.8. The molecule has 0 bridgehead atoms. The number of benzene rings is 2. The highest BCUT2D eigenvalue weighted by atomic mass is 35.5. The molecule has 3 aromatic rings. The van der Waals surface area contributed by atoms with Crippen LogP contribution >= 0.6 is 11.6 Å². The number of aliphatic carboxylic acids is 2. The lowest BCUT2D eigenvalue weighted by Crippen LogP contribution is -2.16. The molecule has 4 rings (SSSR count).